The van der Waals surface area contributed by atoms with E-state index in [1.54, 1.807) is 0 Å². The van der Waals surface area contributed by atoms with E-state index in [2.05, 4.69) is 83.7 Å². The van der Waals surface area contributed by atoms with Gasteiger partial charge in [0.15, 0.2) is 6.10 Å². The lowest BCUT2D eigenvalue weighted by Gasteiger charge is -2.20. The third-order valence-electron chi connectivity index (χ3n) is 8.96. The number of aliphatic hydroxyl groups excluding tert-OH is 1. The number of phosphoric ester groups is 2. The van der Waals surface area contributed by atoms with Gasteiger partial charge in [0, 0.05) is 12.8 Å². The highest BCUT2D eigenvalue weighted by Gasteiger charge is 2.36. The summed E-state index contributed by atoms with van der Waals surface area (Å²) in [6.45, 7) is 1.57. The Kier molecular flexibility index (Phi) is 33.4. The molecule has 0 radical (unpaired) electrons. The molecule has 1 saturated heterocycles. The van der Waals surface area contributed by atoms with Crippen molar-refractivity contribution in [3.8, 4) is 0 Å². The lowest BCUT2D eigenvalue weighted by molar-refractivity contribution is -0.161. The molecular formula is C44H74O14P2. The summed E-state index contributed by atoms with van der Waals surface area (Å²) < 4.78 is 53.4. The highest BCUT2D eigenvalue weighted by molar-refractivity contribution is 7.47. The summed E-state index contributed by atoms with van der Waals surface area (Å²) in [4.78, 5) is 52.7. The molecule has 5 atom stereocenters. The van der Waals surface area contributed by atoms with Crippen molar-refractivity contribution in [2.45, 2.75) is 167 Å². The molecule has 1 fully saturated rings. The molecule has 344 valence electrons. The van der Waals surface area contributed by atoms with Crippen LogP contribution in [0.1, 0.15) is 142 Å². The predicted octanol–water partition coefficient (Wildman–Crippen LogP) is 9.99. The highest BCUT2D eigenvalue weighted by atomic mass is 31.2. The number of carbonyl (C=O) groups is 2. The zero-order valence-electron chi connectivity index (χ0n) is 36.0. The van der Waals surface area contributed by atoms with Crippen molar-refractivity contribution in [2.24, 2.45) is 0 Å². The van der Waals surface area contributed by atoms with Gasteiger partial charge in [-0.25, -0.2) is 9.13 Å². The number of esters is 2. The molecular weight excluding hydrogens is 814 g/mol. The average Bonchev–Trinajstić information content (AvgIpc) is 3.96. The molecule has 1 aliphatic heterocycles. The van der Waals surface area contributed by atoms with E-state index in [1.165, 1.54) is 38.5 Å². The maximum atomic E-state index is 12.6. The van der Waals surface area contributed by atoms with Crippen LogP contribution in [0.4, 0.5) is 0 Å². The molecule has 0 amide bonds. The van der Waals surface area contributed by atoms with Crippen LogP contribution < -0.4 is 0 Å². The van der Waals surface area contributed by atoms with E-state index in [4.69, 9.17) is 28.5 Å². The average molecular weight is 889 g/mol. The fourth-order valence-corrected chi connectivity index (χ4v) is 6.66. The SMILES string of the molecule is CCCCC/C=C\C/C=C\C/C=C\CCCCC(=O)O[C@H](COC(=O)CCC/C=C\C/C=C\CC1OC1C/C=C\CCCCC)COP(=O)(O)OC[C@@H](O)COP(=O)(O)O. The summed E-state index contributed by atoms with van der Waals surface area (Å²) in [5, 5.41) is 9.74. The maximum Gasteiger partial charge on any atom is 0.472 e. The zero-order valence-corrected chi connectivity index (χ0v) is 37.8. The minimum atomic E-state index is -4.88. The van der Waals surface area contributed by atoms with Gasteiger partial charge in [0.1, 0.15) is 12.7 Å². The van der Waals surface area contributed by atoms with E-state index in [1.807, 2.05) is 12.2 Å². The van der Waals surface area contributed by atoms with Gasteiger partial charge in [-0.05, 0) is 89.9 Å². The van der Waals surface area contributed by atoms with E-state index in [0.29, 0.717) is 31.5 Å². The van der Waals surface area contributed by atoms with Gasteiger partial charge in [-0.2, -0.15) is 0 Å². The van der Waals surface area contributed by atoms with E-state index < -0.39 is 66.2 Å². The Bertz CT molecular complexity index is 1400. The number of hydrogen-bond acceptors (Lipinski definition) is 11. The van der Waals surface area contributed by atoms with Crippen molar-refractivity contribution >= 4 is 27.6 Å². The molecule has 1 aliphatic rings. The van der Waals surface area contributed by atoms with Gasteiger partial charge < -0.3 is 34.0 Å². The summed E-state index contributed by atoms with van der Waals surface area (Å²) in [7, 11) is -9.71. The summed E-state index contributed by atoms with van der Waals surface area (Å²) in [6.07, 6.45) is 40.8. The van der Waals surface area contributed by atoms with Crippen LogP contribution in [-0.4, -0.2) is 82.6 Å². The third kappa shape index (κ3) is 36.2. The van der Waals surface area contributed by atoms with Crippen LogP contribution in [0, 0.1) is 0 Å². The van der Waals surface area contributed by atoms with Crippen LogP contribution in [0.5, 0.6) is 0 Å². The Morgan fingerprint density at radius 3 is 1.58 bits per heavy atom. The van der Waals surface area contributed by atoms with Gasteiger partial charge in [-0.3, -0.25) is 23.2 Å². The van der Waals surface area contributed by atoms with Crippen LogP contribution in [0.15, 0.2) is 72.9 Å². The van der Waals surface area contributed by atoms with E-state index in [9.17, 15) is 28.7 Å². The van der Waals surface area contributed by atoms with Crippen LogP contribution in [-0.2, 0) is 46.5 Å². The van der Waals surface area contributed by atoms with E-state index >= 15 is 0 Å². The predicted molar refractivity (Wildman–Crippen MR) is 234 cm³/mol. The van der Waals surface area contributed by atoms with Crippen LogP contribution in [0.25, 0.3) is 0 Å². The molecule has 0 spiro atoms. The summed E-state index contributed by atoms with van der Waals surface area (Å²) >= 11 is 0. The number of hydrogen-bond donors (Lipinski definition) is 4. The molecule has 0 saturated carbocycles. The molecule has 0 aliphatic carbocycles. The topological polar surface area (TPSA) is 208 Å². The molecule has 0 aromatic rings. The number of aliphatic hydroxyl groups is 1. The Labute approximate surface area is 359 Å². The van der Waals surface area contributed by atoms with Crippen LogP contribution in [0.2, 0.25) is 0 Å². The number of unbranched alkanes of at least 4 members (excludes halogenated alkanes) is 9. The molecule has 60 heavy (non-hydrogen) atoms. The second-order valence-corrected chi connectivity index (χ2v) is 17.3. The van der Waals surface area contributed by atoms with Gasteiger partial charge in [0.25, 0.3) is 0 Å². The van der Waals surface area contributed by atoms with Crippen molar-refractivity contribution in [3.05, 3.63) is 72.9 Å². The fraction of sp³-hybridized carbons (Fsp3) is 0.682. The Hall–Kier alpha value is -2.48. The first kappa shape index (κ1) is 55.5. The lowest BCUT2D eigenvalue weighted by Crippen LogP contribution is -2.29. The Morgan fingerprint density at radius 1 is 0.567 bits per heavy atom. The first-order valence-corrected chi connectivity index (χ1v) is 24.8. The van der Waals surface area contributed by atoms with Gasteiger partial charge in [-0.1, -0.05) is 112 Å². The third-order valence-corrected chi connectivity index (χ3v) is 10.4. The van der Waals surface area contributed by atoms with Crippen molar-refractivity contribution in [2.75, 3.05) is 26.4 Å². The fourth-order valence-electron chi connectivity index (χ4n) is 5.50. The largest absolute Gasteiger partial charge is 0.472 e. The summed E-state index contributed by atoms with van der Waals surface area (Å²) in [5.74, 6) is -1.15. The Morgan fingerprint density at radius 2 is 1.02 bits per heavy atom. The first-order valence-electron chi connectivity index (χ1n) is 21.8. The van der Waals surface area contributed by atoms with Crippen molar-refractivity contribution in [1.82, 2.24) is 0 Å². The van der Waals surface area contributed by atoms with Crippen LogP contribution in [0.3, 0.4) is 0 Å². The van der Waals surface area contributed by atoms with Crippen molar-refractivity contribution < 1.29 is 66.3 Å². The van der Waals surface area contributed by atoms with Gasteiger partial charge in [0.05, 0.1) is 32.0 Å². The molecule has 0 aromatic heterocycles. The molecule has 1 heterocycles. The molecule has 14 nitrogen and oxygen atoms in total. The van der Waals surface area contributed by atoms with Crippen LogP contribution >= 0.6 is 15.6 Å². The van der Waals surface area contributed by atoms with Gasteiger partial charge in [-0.15, -0.1) is 0 Å². The van der Waals surface area contributed by atoms with Gasteiger partial charge in [0.2, 0.25) is 0 Å². The number of rotatable bonds is 39. The van der Waals surface area contributed by atoms with Gasteiger partial charge >= 0.3 is 27.6 Å². The molecule has 1 rings (SSSR count). The number of allylic oxidation sites excluding steroid dienone is 10. The number of phosphoric acid groups is 2. The van der Waals surface area contributed by atoms with E-state index in [0.717, 1.165) is 57.8 Å². The quantitative estimate of drug-likeness (QED) is 0.0149. The maximum absolute atomic E-state index is 12.6. The summed E-state index contributed by atoms with van der Waals surface area (Å²) in [6, 6.07) is 0. The number of carbonyl (C=O) groups excluding carboxylic acids is 2. The monoisotopic (exact) mass is 888 g/mol. The minimum absolute atomic E-state index is 0.0646. The molecule has 0 aromatic carbocycles. The second-order valence-electron chi connectivity index (χ2n) is 14.6. The summed E-state index contributed by atoms with van der Waals surface area (Å²) in [5.41, 5.74) is 0. The zero-order chi connectivity index (χ0) is 44.2. The van der Waals surface area contributed by atoms with E-state index in [-0.39, 0.29) is 12.8 Å². The Balaban J connectivity index is 2.44. The standard InChI is InChI=1S/C44H74O14P2/c1-3-5-7-9-11-12-13-14-15-16-17-18-21-26-30-34-44(47)57-40(38-56-60(51,52)55-36-39(45)35-54-59(48,49)50)37-53-43(46)33-29-25-22-19-20-24-28-32-42-41(58-42)31-27-23-10-8-6-4-2/h11-12,14-15,17-19,22-24,27-28,39-42,45H,3-10,13,16,20-21,25-26,29-38H2,1-2H3,(H,51,52)(H2,48,49,50)/b12-11-,15-14-,18-17-,22-19-,27-23-,28-24-/t39-,40+,41?,42?/m0/s1. The second kappa shape index (κ2) is 36.0. The molecule has 0 bridgehead atoms. The van der Waals surface area contributed by atoms with Crippen molar-refractivity contribution in [3.63, 3.8) is 0 Å². The molecule has 4 N–H and O–H groups in total. The highest BCUT2D eigenvalue weighted by Crippen LogP contribution is 2.44. The first-order chi connectivity index (χ1) is 28.8. The molecule has 16 heteroatoms. The van der Waals surface area contributed by atoms with Crippen molar-refractivity contribution in [1.29, 1.82) is 0 Å². The number of epoxide rings is 1. The lowest BCUT2D eigenvalue weighted by atomic mass is 10.1. The normalized spacial score (nSPS) is 18.1. The number of ether oxygens (including phenoxy) is 3. The smallest absolute Gasteiger partial charge is 0.462 e. The molecule has 3 unspecified atom stereocenters. The minimum Gasteiger partial charge on any atom is -0.462 e.